The molecule has 1 saturated carbocycles. The van der Waals surface area contributed by atoms with Crippen LogP contribution in [0.5, 0.6) is 0 Å². The first kappa shape index (κ1) is 27.7. The lowest BCUT2D eigenvalue weighted by atomic mass is 9.84. The Labute approximate surface area is 255 Å². The SMILES string of the molecule is N#CC[C@H]1CC[C@H](n2c(-c3ccc(C(=O)c4ccccc4)cc3)nc3cnc4c(ccn4S(=O)(=O)c4ccccc4)c32)CC1. The molecule has 1 aliphatic carbocycles. The van der Waals surface area contributed by atoms with Gasteiger partial charge < -0.3 is 4.57 Å². The van der Waals surface area contributed by atoms with Crippen molar-refractivity contribution in [2.75, 3.05) is 0 Å². The molecule has 1 aliphatic rings. The zero-order valence-corrected chi connectivity index (χ0v) is 24.7. The first-order valence-electron chi connectivity index (χ1n) is 14.7. The van der Waals surface area contributed by atoms with Crippen molar-refractivity contribution in [3.8, 4) is 17.5 Å². The summed E-state index contributed by atoms with van der Waals surface area (Å²) in [5, 5.41) is 9.96. The fraction of sp³-hybridized carbons (Fsp3) is 0.200. The summed E-state index contributed by atoms with van der Waals surface area (Å²) in [5.74, 6) is 1.07. The Morgan fingerprint density at radius 3 is 2.20 bits per heavy atom. The van der Waals surface area contributed by atoms with Crippen LogP contribution < -0.4 is 0 Å². The highest BCUT2D eigenvalue weighted by Crippen LogP contribution is 2.40. The van der Waals surface area contributed by atoms with Crippen molar-refractivity contribution < 1.29 is 13.2 Å². The molecule has 0 amide bonds. The number of imidazole rings is 1. The molecule has 0 atom stereocenters. The van der Waals surface area contributed by atoms with E-state index in [0.717, 1.165) is 42.6 Å². The molecule has 3 aromatic carbocycles. The molecule has 6 aromatic rings. The van der Waals surface area contributed by atoms with Crippen LogP contribution in [-0.4, -0.2) is 32.7 Å². The van der Waals surface area contributed by atoms with Crippen LogP contribution in [0.4, 0.5) is 0 Å². The molecule has 0 bridgehead atoms. The number of hydrogen-bond acceptors (Lipinski definition) is 6. The van der Waals surface area contributed by atoms with Crippen LogP contribution in [0.1, 0.15) is 54.1 Å². The number of fused-ring (bicyclic) bond motifs is 3. The number of ketones is 1. The van der Waals surface area contributed by atoms with Gasteiger partial charge in [-0.2, -0.15) is 5.26 Å². The fourth-order valence-corrected chi connectivity index (χ4v) is 7.69. The standard InChI is InChI=1S/C35H29N5O3S/c36-21-19-24-11-17-28(18-12-24)40-32-30-20-22-39(44(42,43)29-9-5-2-6-10-29)35(30)37-23-31(32)38-34(40)27-15-13-26(14-16-27)33(41)25-7-3-1-4-8-25/h1-10,13-16,20,22-24,28H,11-12,17-19H2/t24-,28-. The lowest BCUT2D eigenvalue weighted by molar-refractivity contribution is 0.103. The number of carbonyl (C=O) groups excluding carboxylic acids is 1. The molecule has 7 rings (SSSR count). The molecule has 1 fully saturated rings. The summed E-state index contributed by atoms with van der Waals surface area (Å²) in [6.45, 7) is 0. The van der Waals surface area contributed by atoms with E-state index < -0.39 is 10.0 Å². The van der Waals surface area contributed by atoms with E-state index in [-0.39, 0.29) is 16.7 Å². The van der Waals surface area contributed by atoms with Gasteiger partial charge in [0.05, 0.1) is 22.7 Å². The van der Waals surface area contributed by atoms with Gasteiger partial charge in [0.25, 0.3) is 10.0 Å². The minimum atomic E-state index is -3.86. The van der Waals surface area contributed by atoms with Crippen LogP contribution in [0.2, 0.25) is 0 Å². The van der Waals surface area contributed by atoms with E-state index in [0.29, 0.717) is 40.0 Å². The van der Waals surface area contributed by atoms with Crippen LogP contribution in [0.3, 0.4) is 0 Å². The predicted octanol–water partition coefficient (Wildman–Crippen LogP) is 7.17. The molecule has 8 nitrogen and oxygen atoms in total. The van der Waals surface area contributed by atoms with E-state index in [9.17, 15) is 18.5 Å². The molecular weight excluding hydrogens is 570 g/mol. The third-order valence-electron chi connectivity index (χ3n) is 8.63. The number of carbonyl (C=O) groups is 1. The van der Waals surface area contributed by atoms with Crippen LogP contribution in [0.25, 0.3) is 33.5 Å². The van der Waals surface area contributed by atoms with Gasteiger partial charge in [0.2, 0.25) is 0 Å². The normalized spacial score (nSPS) is 17.1. The summed E-state index contributed by atoms with van der Waals surface area (Å²) in [6.07, 6.45) is 7.37. The summed E-state index contributed by atoms with van der Waals surface area (Å²) in [7, 11) is -3.86. The maximum atomic E-state index is 13.6. The molecule has 0 radical (unpaired) electrons. The van der Waals surface area contributed by atoms with Gasteiger partial charge in [-0.1, -0.05) is 72.8 Å². The van der Waals surface area contributed by atoms with E-state index in [1.807, 2.05) is 42.5 Å². The van der Waals surface area contributed by atoms with Crippen molar-refractivity contribution >= 4 is 37.9 Å². The first-order chi connectivity index (χ1) is 21.5. The summed E-state index contributed by atoms with van der Waals surface area (Å²) >= 11 is 0. The second kappa shape index (κ2) is 11.2. The Balaban J connectivity index is 1.36. The highest BCUT2D eigenvalue weighted by Gasteiger charge is 2.29. The Morgan fingerprint density at radius 2 is 1.52 bits per heavy atom. The molecule has 3 aromatic heterocycles. The van der Waals surface area contributed by atoms with E-state index in [1.54, 1.807) is 60.9 Å². The van der Waals surface area contributed by atoms with Gasteiger partial charge in [0, 0.05) is 40.7 Å². The lowest BCUT2D eigenvalue weighted by Gasteiger charge is -2.30. The zero-order chi connectivity index (χ0) is 30.3. The molecule has 44 heavy (non-hydrogen) atoms. The topological polar surface area (TPSA) is 111 Å². The van der Waals surface area contributed by atoms with Crippen molar-refractivity contribution in [3.63, 3.8) is 0 Å². The molecule has 0 aliphatic heterocycles. The monoisotopic (exact) mass is 599 g/mol. The molecule has 0 spiro atoms. The van der Waals surface area contributed by atoms with Crippen LogP contribution in [0, 0.1) is 17.2 Å². The molecular formula is C35H29N5O3S. The lowest BCUT2D eigenvalue weighted by Crippen LogP contribution is -2.19. The Hall–Kier alpha value is -5.07. The van der Waals surface area contributed by atoms with Gasteiger partial charge in [0.1, 0.15) is 11.3 Å². The van der Waals surface area contributed by atoms with Gasteiger partial charge in [0.15, 0.2) is 11.4 Å². The number of nitriles is 1. The number of aromatic nitrogens is 4. The number of nitrogens with zero attached hydrogens (tertiary/aromatic N) is 5. The number of pyridine rings is 1. The third-order valence-corrected chi connectivity index (χ3v) is 10.3. The van der Waals surface area contributed by atoms with Gasteiger partial charge in [-0.05, 0) is 49.8 Å². The quantitative estimate of drug-likeness (QED) is 0.180. The van der Waals surface area contributed by atoms with Crippen molar-refractivity contribution in [1.82, 2.24) is 18.5 Å². The number of benzene rings is 3. The Kier molecular flexibility index (Phi) is 7.07. The highest BCUT2D eigenvalue weighted by molar-refractivity contribution is 7.90. The summed E-state index contributed by atoms with van der Waals surface area (Å²) < 4.78 is 30.7. The van der Waals surface area contributed by atoms with E-state index in [2.05, 4.69) is 15.6 Å². The van der Waals surface area contributed by atoms with Crippen molar-refractivity contribution in [1.29, 1.82) is 5.26 Å². The summed E-state index contributed by atoms with van der Waals surface area (Å²) in [4.78, 5) is 22.9. The van der Waals surface area contributed by atoms with Gasteiger partial charge in [-0.25, -0.2) is 22.4 Å². The maximum Gasteiger partial charge on any atom is 0.269 e. The second-order valence-corrected chi connectivity index (χ2v) is 13.1. The largest absolute Gasteiger partial charge is 0.320 e. The van der Waals surface area contributed by atoms with Gasteiger partial charge >= 0.3 is 0 Å². The van der Waals surface area contributed by atoms with E-state index in [4.69, 9.17) is 4.98 Å². The predicted molar refractivity (Wildman–Crippen MR) is 169 cm³/mol. The average Bonchev–Trinajstić information content (AvgIpc) is 3.68. The Morgan fingerprint density at radius 1 is 0.864 bits per heavy atom. The van der Waals surface area contributed by atoms with E-state index >= 15 is 0 Å². The van der Waals surface area contributed by atoms with Crippen LogP contribution in [-0.2, 0) is 10.0 Å². The minimum absolute atomic E-state index is 0.0478. The molecule has 218 valence electrons. The van der Waals surface area contributed by atoms with E-state index in [1.165, 1.54) is 3.97 Å². The summed E-state index contributed by atoms with van der Waals surface area (Å²) in [6, 6.07) is 29.3. The smallest absolute Gasteiger partial charge is 0.269 e. The fourth-order valence-electron chi connectivity index (χ4n) is 6.37. The molecule has 0 N–H and O–H groups in total. The average molecular weight is 600 g/mol. The van der Waals surface area contributed by atoms with Gasteiger partial charge in [-0.15, -0.1) is 0 Å². The molecule has 0 saturated heterocycles. The molecule has 3 heterocycles. The number of hydrogen-bond donors (Lipinski definition) is 0. The van der Waals surface area contributed by atoms with Crippen molar-refractivity contribution in [2.24, 2.45) is 5.92 Å². The highest BCUT2D eigenvalue weighted by atomic mass is 32.2. The van der Waals surface area contributed by atoms with Crippen molar-refractivity contribution in [2.45, 2.75) is 43.0 Å². The first-order valence-corrected chi connectivity index (χ1v) is 16.2. The zero-order valence-electron chi connectivity index (χ0n) is 23.9. The van der Waals surface area contributed by atoms with Crippen LogP contribution >= 0.6 is 0 Å². The maximum absolute atomic E-state index is 13.6. The van der Waals surface area contributed by atoms with Crippen molar-refractivity contribution in [3.05, 3.63) is 115 Å². The second-order valence-electron chi connectivity index (χ2n) is 11.3. The van der Waals surface area contributed by atoms with Crippen LogP contribution in [0.15, 0.2) is 108 Å². The van der Waals surface area contributed by atoms with Gasteiger partial charge in [-0.3, -0.25) is 4.79 Å². The molecule has 9 heteroatoms. The minimum Gasteiger partial charge on any atom is -0.320 e. The Bertz CT molecular complexity index is 2140. The number of rotatable bonds is 7. The molecule has 0 unspecified atom stereocenters. The summed E-state index contributed by atoms with van der Waals surface area (Å²) in [5.41, 5.74) is 3.92. The third kappa shape index (κ3) is 4.77.